The SMILES string of the molecule is CC(C)(C)OC(=O)NCC(C)(C)C(N)C1CCCNC1. The Morgan fingerprint density at radius 3 is 2.55 bits per heavy atom. The average Bonchev–Trinajstić information content (AvgIpc) is 2.35. The van der Waals surface area contributed by atoms with Gasteiger partial charge in [0.15, 0.2) is 0 Å². The minimum Gasteiger partial charge on any atom is -0.444 e. The van der Waals surface area contributed by atoms with E-state index in [1.807, 2.05) is 20.8 Å². The topological polar surface area (TPSA) is 76.4 Å². The fraction of sp³-hybridized carbons (Fsp3) is 0.933. The van der Waals surface area contributed by atoms with Crippen molar-refractivity contribution in [1.82, 2.24) is 10.6 Å². The molecule has 4 N–H and O–H groups in total. The van der Waals surface area contributed by atoms with Gasteiger partial charge in [-0.2, -0.15) is 0 Å². The van der Waals surface area contributed by atoms with Crippen LogP contribution in [0.25, 0.3) is 0 Å². The van der Waals surface area contributed by atoms with E-state index in [1.54, 1.807) is 0 Å². The molecule has 0 radical (unpaired) electrons. The zero-order valence-corrected chi connectivity index (χ0v) is 13.6. The lowest BCUT2D eigenvalue weighted by molar-refractivity contribution is 0.0491. The number of nitrogens with one attached hydrogen (secondary N) is 2. The third-order valence-electron chi connectivity index (χ3n) is 3.83. The van der Waals surface area contributed by atoms with E-state index in [9.17, 15) is 4.79 Å². The molecular formula is C15H31N3O2. The summed E-state index contributed by atoms with van der Waals surface area (Å²) in [7, 11) is 0. The van der Waals surface area contributed by atoms with E-state index < -0.39 is 5.60 Å². The highest BCUT2D eigenvalue weighted by Crippen LogP contribution is 2.27. The molecule has 1 rings (SSSR count). The molecule has 1 heterocycles. The Morgan fingerprint density at radius 2 is 2.05 bits per heavy atom. The normalized spacial score (nSPS) is 22.2. The Hall–Kier alpha value is -0.810. The molecule has 0 aromatic rings. The second kappa shape index (κ2) is 6.76. The molecule has 0 aromatic heterocycles. The van der Waals surface area contributed by atoms with Gasteiger partial charge in [0, 0.05) is 12.6 Å². The van der Waals surface area contributed by atoms with E-state index in [0.717, 1.165) is 19.5 Å². The van der Waals surface area contributed by atoms with Gasteiger partial charge in [0.2, 0.25) is 0 Å². The molecule has 118 valence electrons. The summed E-state index contributed by atoms with van der Waals surface area (Å²) in [5.41, 5.74) is 5.79. The van der Waals surface area contributed by atoms with E-state index in [4.69, 9.17) is 10.5 Å². The molecular weight excluding hydrogens is 254 g/mol. The monoisotopic (exact) mass is 285 g/mol. The lowest BCUT2D eigenvalue weighted by atomic mass is 9.75. The molecule has 5 heteroatoms. The van der Waals surface area contributed by atoms with E-state index >= 15 is 0 Å². The number of piperidine rings is 1. The third-order valence-corrected chi connectivity index (χ3v) is 3.83. The van der Waals surface area contributed by atoms with Crippen LogP contribution >= 0.6 is 0 Å². The van der Waals surface area contributed by atoms with E-state index in [-0.39, 0.29) is 17.6 Å². The van der Waals surface area contributed by atoms with Crippen LogP contribution < -0.4 is 16.4 Å². The Balaban J connectivity index is 2.45. The Bertz CT molecular complexity index is 318. The number of rotatable bonds is 4. The number of hydrogen-bond donors (Lipinski definition) is 3. The maximum Gasteiger partial charge on any atom is 0.407 e. The fourth-order valence-electron chi connectivity index (χ4n) is 2.56. The van der Waals surface area contributed by atoms with Crippen LogP contribution in [0.2, 0.25) is 0 Å². The molecule has 1 fully saturated rings. The predicted molar refractivity (Wildman–Crippen MR) is 81.6 cm³/mol. The largest absolute Gasteiger partial charge is 0.444 e. The summed E-state index contributed by atoms with van der Waals surface area (Å²) in [4.78, 5) is 11.7. The first kappa shape index (κ1) is 17.2. The van der Waals surface area contributed by atoms with Crippen LogP contribution in [-0.2, 0) is 4.74 Å². The zero-order chi connectivity index (χ0) is 15.4. The summed E-state index contributed by atoms with van der Waals surface area (Å²) in [6.45, 7) is 12.4. The Kier molecular flexibility index (Phi) is 5.83. The molecule has 0 saturated carbocycles. The molecule has 1 saturated heterocycles. The lowest BCUT2D eigenvalue weighted by Crippen LogP contribution is -2.53. The predicted octanol–water partition coefficient (Wildman–Crippen LogP) is 1.86. The molecule has 20 heavy (non-hydrogen) atoms. The smallest absolute Gasteiger partial charge is 0.407 e. The molecule has 0 spiro atoms. The van der Waals surface area contributed by atoms with Crippen LogP contribution in [0.5, 0.6) is 0 Å². The van der Waals surface area contributed by atoms with Crippen molar-refractivity contribution >= 4 is 6.09 Å². The van der Waals surface area contributed by atoms with Gasteiger partial charge in [-0.3, -0.25) is 0 Å². The first-order valence-corrected chi connectivity index (χ1v) is 7.55. The summed E-state index contributed by atoms with van der Waals surface area (Å²) >= 11 is 0. The van der Waals surface area contributed by atoms with E-state index in [0.29, 0.717) is 12.5 Å². The van der Waals surface area contributed by atoms with Gasteiger partial charge in [-0.15, -0.1) is 0 Å². The molecule has 1 amide bonds. The van der Waals surface area contributed by atoms with Gasteiger partial charge in [0.25, 0.3) is 0 Å². The van der Waals surface area contributed by atoms with E-state index in [1.165, 1.54) is 6.42 Å². The molecule has 5 nitrogen and oxygen atoms in total. The molecule has 0 aliphatic carbocycles. The molecule has 0 aromatic carbocycles. The summed E-state index contributed by atoms with van der Waals surface area (Å²) < 4.78 is 5.26. The summed E-state index contributed by atoms with van der Waals surface area (Å²) in [5.74, 6) is 0.471. The Labute approximate surface area is 123 Å². The van der Waals surface area contributed by atoms with Gasteiger partial charge in [-0.1, -0.05) is 13.8 Å². The highest BCUT2D eigenvalue weighted by Gasteiger charge is 2.34. The van der Waals surface area contributed by atoms with Crippen LogP contribution in [0, 0.1) is 11.3 Å². The van der Waals surface area contributed by atoms with Crippen molar-refractivity contribution < 1.29 is 9.53 Å². The summed E-state index contributed by atoms with van der Waals surface area (Å²) in [5, 5.41) is 6.23. The number of alkyl carbamates (subject to hydrolysis) is 1. The maximum atomic E-state index is 11.7. The Morgan fingerprint density at radius 1 is 1.40 bits per heavy atom. The first-order chi connectivity index (χ1) is 9.12. The number of hydrogen-bond acceptors (Lipinski definition) is 4. The number of amides is 1. The van der Waals surface area contributed by atoms with E-state index in [2.05, 4.69) is 24.5 Å². The molecule has 0 bridgehead atoms. The first-order valence-electron chi connectivity index (χ1n) is 7.55. The van der Waals surface area contributed by atoms with Gasteiger partial charge in [0.1, 0.15) is 5.60 Å². The van der Waals surface area contributed by atoms with Crippen molar-refractivity contribution in [3.63, 3.8) is 0 Å². The lowest BCUT2D eigenvalue weighted by Gasteiger charge is -2.39. The van der Waals surface area contributed by atoms with Crippen molar-refractivity contribution in [3.8, 4) is 0 Å². The highest BCUT2D eigenvalue weighted by atomic mass is 16.6. The van der Waals surface area contributed by atoms with Gasteiger partial charge in [-0.05, 0) is 58.0 Å². The number of carbonyl (C=O) groups is 1. The fourth-order valence-corrected chi connectivity index (χ4v) is 2.56. The average molecular weight is 285 g/mol. The summed E-state index contributed by atoms with van der Waals surface area (Å²) in [6, 6.07) is 0.0604. The molecule has 1 aliphatic rings. The zero-order valence-electron chi connectivity index (χ0n) is 13.6. The minimum absolute atomic E-state index is 0.0604. The number of carbonyl (C=O) groups excluding carboxylic acids is 1. The molecule has 1 aliphatic heterocycles. The molecule has 2 atom stereocenters. The van der Waals surface area contributed by atoms with Crippen molar-refractivity contribution in [2.45, 2.75) is 59.1 Å². The van der Waals surface area contributed by atoms with Crippen molar-refractivity contribution in [2.24, 2.45) is 17.1 Å². The summed E-state index contributed by atoms with van der Waals surface area (Å²) in [6.07, 6.45) is 1.96. The van der Waals surface area contributed by atoms with Crippen molar-refractivity contribution in [1.29, 1.82) is 0 Å². The number of ether oxygens (including phenoxy) is 1. The van der Waals surface area contributed by atoms with Gasteiger partial charge in [0.05, 0.1) is 0 Å². The van der Waals surface area contributed by atoms with Crippen LogP contribution in [0.4, 0.5) is 4.79 Å². The quantitative estimate of drug-likeness (QED) is 0.737. The van der Waals surface area contributed by atoms with Gasteiger partial charge >= 0.3 is 6.09 Å². The van der Waals surface area contributed by atoms with Crippen LogP contribution in [-0.4, -0.2) is 37.4 Å². The van der Waals surface area contributed by atoms with Crippen LogP contribution in [0.1, 0.15) is 47.5 Å². The van der Waals surface area contributed by atoms with Gasteiger partial charge < -0.3 is 21.1 Å². The van der Waals surface area contributed by atoms with Crippen molar-refractivity contribution in [3.05, 3.63) is 0 Å². The highest BCUT2D eigenvalue weighted by molar-refractivity contribution is 5.67. The van der Waals surface area contributed by atoms with Crippen LogP contribution in [0.15, 0.2) is 0 Å². The minimum atomic E-state index is -0.469. The standard InChI is InChI=1S/C15H31N3O2/c1-14(2,3)20-13(19)18-10-15(4,5)12(16)11-7-6-8-17-9-11/h11-12,17H,6-10,16H2,1-5H3,(H,18,19). The van der Waals surface area contributed by atoms with Crippen molar-refractivity contribution in [2.75, 3.05) is 19.6 Å². The second-order valence-electron chi connectivity index (χ2n) is 7.48. The third kappa shape index (κ3) is 5.67. The molecule has 2 unspecified atom stereocenters. The number of nitrogens with two attached hydrogens (primary N) is 1. The van der Waals surface area contributed by atoms with Crippen LogP contribution in [0.3, 0.4) is 0 Å². The maximum absolute atomic E-state index is 11.7. The second-order valence-corrected chi connectivity index (χ2v) is 7.48. The van der Waals surface area contributed by atoms with Gasteiger partial charge in [-0.25, -0.2) is 4.79 Å².